The van der Waals surface area contributed by atoms with E-state index in [1.807, 2.05) is 0 Å². The van der Waals surface area contributed by atoms with E-state index in [1.54, 1.807) is 0 Å². The van der Waals surface area contributed by atoms with Gasteiger partial charge in [0, 0.05) is 11.6 Å². The molecule has 0 aliphatic carbocycles. The van der Waals surface area contributed by atoms with E-state index in [4.69, 9.17) is 0 Å². The minimum absolute atomic E-state index is 0.0550. The Hall–Kier alpha value is -1.52. The maximum absolute atomic E-state index is 12.2. The summed E-state index contributed by atoms with van der Waals surface area (Å²) in [7, 11) is 0. The number of rotatable bonds is 2. The second-order valence-corrected chi connectivity index (χ2v) is 2.55. The van der Waals surface area contributed by atoms with Crippen molar-refractivity contribution < 1.29 is 13.6 Å². The van der Waals surface area contributed by atoms with E-state index in [2.05, 4.69) is 4.98 Å². The molecule has 0 atom stereocenters. The zero-order valence-corrected chi connectivity index (χ0v) is 6.80. The third-order valence-electron chi connectivity index (χ3n) is 1.68. The van der Waals surface area contributed by atoms with Crippen LogP contribution in [0.2, 0.25) is 0 Å². The fraction of sp³-hybridized carbons (Fsp3) is 0.250. The Morgan fingerprint density at radius 3 is 2.62 bits per heavy atom. The number of carbonyl (C=O) groups excluding carboxylic acids is 1. The average molecular weight is 187 g/mol. The van der Waals surface area contributed by atoms with Gasteiger partial charge in [0.15, 0.2) is 11.7 Å². The summed E-state index contributed by atoms with van der Waals surface area (Å²) < 4.78 is 24.5. The van der Waals surface area contributed by atoms with Crippen LogP contribution in [-0.4, -0.2) is 11.3 Å². The highest BCUT2D eigenvalue weighted by Crippen LogP contribution is 2.17. The predicted octanol–water partition coefficient (Wildman–Crippen LogP) is 1.43. The molecule has 1 N–H and O–H groups in total. The molecule has 0 aliphatic rings. The molecule has 13 heavy (non-hydrogen) atoms. The summed E-state index contributed by atoms with van der Waals surface area (Å²) in [6.07, 6.45) is -2.44. The number of aromatic nitrogens is 1. The topological polar surface area (TPSA) is 49.9 Å². The van der Waals surface area contributed by atoms with Crippen molar-refractivity contribution in [2.75, 3.05) is 0 Å². The van der Waals surface area contributed by atoms with Crippen molar-refractivity contribution >= 4 is 6.29 Å². The smallest absolute Gasteiger partial charge is 0.278 e. The van der Waals surface area contributed by atoms with Crippen LogP contribution in [0.5, 0.6) is 0 Å². The molecule has 0 spiro atoms. The molecule has 0 fully saturated rings. The number of pyridine rings is 1. The number of hydrogen-bond acceptors (Lipinski definition) is 2. The molecule has 1 aromatic rings. The minimum atomic E-state index is -2.77. The Labute approximate surface area is 72.4 Å². The molecular formula is C8H7F2NO2. The normalized spacial score (nSPS) is 10.5. The highest BCUT2D eigenvalue weighted by atomic mass is 19.3. The van der Waals surface area contributed by atoms with Crippen molar-refractivity contribution in [3.63, 3.8) is 0 Å². The zero-order chi connectivity index (χ0) is 10.0. The first kappa shape index (κ1) is 9.57. The lowest BCUT2D eigenvalue weighted by Crippen LogP contribution is -2.12. The lowest BCUT2D eigenvalue weighted by atomic mass is 10.2. The highest BCUT2D eigenvalue weighted by molar-refractivity contribution is 5.71. The van der Waals surface area contributed by atoms with Crippen LogP contribution in [0.3, 0.4) is 0 Å². The lowest BCUT2D eigenvalue weighted by Gasteiger charge is -2.04. The van der Waals surface area contributed by atoms with Crippen LogP contribution in [0.1, 0.15) is 28.2 Å². The van der Waals surface area contributed by atoms with Crippen molar-refractivity contribution in [1.82, 2.24) is 4.98 Å². The average Bonchev–Trinajstić information content (AvgIpc) is 2.09. The number of carbonyl (C=O) groups is 1. The molecule has 0 unspecified atom stereocenters. The van der Waals surface area contributed by atoms with E-state index in [0.29, 0.717) is 6.29 Å². The summed E-state index contributed by atoms with van der Waals surface area (Å²) in [4.78, 5) is 23.4. The number of hydrogen-bond donors (Lipinski definition) is 1. The van der Waals surface area contributed by atoms with Crippen LogP contribution in [0.4, 0.5) is 8.78 Å². The van der Waals surface area contributed by atoms with Gasteiger partial charge in [0.2, 0.25) is 0 Å². The molecular weight excluding hydrogens is 180 g/mol. The molecule has 1 aromatic heterocycles. The number of nitrogens with one attached hydrogen (secondary N) is 1. The van der Waals surface area contributed by atoms with Gasteiger partial charge in [-0.3, -0.25) is 9.59 Å². The zero-order valence-electron chi connectivity index (χ0n) is 6.80. The van der Waals surface area contributed by atoms with Gasteiger partial charge in [-0.25, -0.2) is 8.78 Å². The Morgan fingerprint density at radius 1 is 1.54 bits per heavy atom. The van der Waals surface area contributed by atoms with Gasteiger partial charge in [-0.15, -0.1) is 0 Å². The second-order valence-electron chi connectivity index (χ2n) is 2.55. The molecule has 5 heteroatoms. The van der Waals surface area contributed by atoms with Crippen molar-refractivity contribution in [2.45, 2.75) is 13.3 Å². The molecule has 0 aliphatic heterocycles. The third-order valence-corrected chi connectivity index (χ3v) is 1.68. The first-order chi connectivity index (χ1) is 6.06. The van der Waals surface area contributed by atoms with Gasteiger partial charge in [-0.05, 0) is 6.92 Å². The van der Waals surface area contributed by atoms with Crippen LogP contribution in [-0.2, 0) is 0 Å². The molecule has 3 nitrogen and oxygen atoms in total. The van der Waals surface area contributed by atoms with Gasteiger partial charge >= 0.3 is 0 Å². The lowest BCUT2D eigenvalue weighted by molar-refractivity contribution is 0.111. The number of H-pyrrole nitrogens is 1. The quantitative estimate of drug-likeness (QED) is 0.712. The molecule has 0 amide bonds. The van der Waals surface area contributed by atoms with Gasteiger partial charge in [0.1, 0.15) is 0 Å². The van der Waals surface area contributed by atoms with Crippen LogP contribution < -0.4 is 5.43 Å². The Balaban J connectivity index is 3.41. The molecule has 0 bridgehead atoms. The monoisotopic (exact) mass is 187 g/mol. The van der Waals surface area contributed by atoms with Gasteiger partial charge in [0.05, 0.1) is 11.4 Å². The fourth-order valence-corrected chi connectivity index (χ4v) is 0.949. The van der Waals surface area contributed by atoms with Gasteiger partial charge in [-0.1, -0.05) is 0 Å². The fourth-order valence-electron chi connectivity index (χ4n) is 0.949. The number of aldehydes is 1. The Morgan fingerprint density at radius 2 is 2.15 bits per heavy atom. The first-order valence-corrected chi connectivity index (χ1v) is 3.53. The van der Waals surface area contributed by atoms with E-state index < -0.39 is 17.5 Å². The van der Waals surface area contributed by atoms with Crippen LogP contribution >= 0.6 is 0 Å². The number of aromatic amines is 1. The molecule has 1 rings (SSSR count). The molecule has 0 aromatic carbocycles. The van der Waals surface area contributed by atoms with Gasteiger partial charge in [0.25, 0.3) is 6.43 Å². The molecule has 0 saturated heterocycles. The maximum atomic E-state index is 12.2. The maximum Gasteiger partial charge on any atom is 0.278 e. The summed E-state index contributed by atoms with van der Waals surface area (Å²) in [5.41, 5.74) is -1.24. The van der Waals surface area contributed by atoms with Crippen LogP contribution in [0, 0.1) is 6.92 Å². The summed E-state index contributed by atoms with van der Waals surface area (Å²) in [6, 6.07) is 0.994. The van der Waals surface area contributed by atoms with Crippen LogP contribution in [0.15, 0.2) is 10.9 Å². The Kier molecular flexibility index (Phi) is 2.55. The van der Waals surface area contributed by atoms with E-state index in [-0.39, 0.29) is 11.3 Å². The van der Waals surface area contributed by atoms with Crippen molar-refractivity contribution in [3.05, 3.63) is 33.2 Å². The van der Waals surface area contributed by atoms with Crippen molar-refractivity contribution in [2.24, 2.45) is 0 Å². The van der Waals surface area contributed by atoms with Gasteiger partial charge in [-0.2, -0.15) is 0 Å². The standard InChI is InChI=1S/C8H7F2NO2/c1-4-6(13)2-5(3-12)11-7(4)8(9)10/h2-3,8H,1H3,(H,11,13). The van der Waals surface area contributed by atoms with Crippen molar-refractivity contribution in [1.29, 1.82) is 0 Å². The predicted molar refractivity (Wildman–Crippen MR) is 42.1 cm³/mol. The number of halogens is 2. The Bertz CT molecular complexity index is 384. The minimum Gasteiger partial charge on any atom is -0.351 e. The van der Waals surface area contributed by atoms with Crippen molar-refractivity contribution in [3.8, 4) is 0 Å². The van der Waals surface area contributed by atoms with Gasteiger partial charge < -0.3 is 4.98 Å². The summed E-state index contributed by atoms with van der Waals surface area (Å²) in [5, 5.41) is 0. The summed E-state index contributed by atoms with van der Waals surface area (Å²) >= 11 is 0. The largest absolute Gasteiger partial charge is 0.351 e. The van der Waals surface area contributed by atoms with E-state index in [9.17, 15) is 18.4 Å². The number of alkyl halides is 2. The van der Waals surface area contributed by atoms with E-state index in [1.165, 1.54) is 6.92 Å². The van der Waals surface area contributed by atoms with Crippen LogP contribution in [0.25, 0.3) is 0 Å². The van der Waals surface area contributed by atoms with E-state index in [0.717, 1.165) is 6.07 Å². The second kappa shape index (κ2) is 3.47. The molecule has 1 heterocycles. The highest BCUT2D eigenvalue weighted by Gasteiger charge is 2.14. The SMILES string of the molecule is Cc1c(C(F)F)[nH]c(C=O)cc1=O. The molecule has 0 radical (unpaired) electrons. The molecule has 0 saturated carbocycles. The summed E-state index contributed by atoms with van der Waals surface area (Å²) in [5.74, 6) is 0. The summed E-state index contributed by atoms with van der Waals surface area (Å²) in [6.45, 7) is 1.29. The molecule has 70 valence electrons. The van der Waals surface area contributed by atoms with E-state index >= 15 is 0 Å². The first-order valence-electron chi connectivity index (χ1n) is 3.53. The third kappa shape index (κ3) is 1.80.